The van der Waals surface area contributed by atoms with Gasteiger partial charge in [0.15, 0.2) is 5.16 Å². The van der Waals surface area contributed by atoms with Gasteiger partial charge in [0.1, 0.15) is 0 Å². The Balaban J connectivity index is 1.93. The second-order valence-corrected chi connectivity index (χ2v) is 6.79. The van der Waals surface area contributed by atoms with Crippen molar-refractivity contribution in [2.75, 3.05) is 13.7 Å². The summed E-state index contributed by atoms with van der Waals surface area (Å²) in [6.07, 6.45) is -4.39. The van der Waals surface area contributed by atoms with E-state index in [1.165, 1.54) is 29.5 Å². The molecule has 0 spiro atoms. The number of ether oxygens (including phenoxy) is 1. The molecule has 0 fully saturated rings. The van der Waals surface area contributed by atoms with Crippen LogP contribution in [0.2, 0.25) is 0 Å². The summed E-state index contributed by atoms with van der Waals surface area (Å²) in [5.41, 5.74) is 0.186. The van der Waals surface area contributed by atoms with E-state index >= 15 is 0 Å². The van der Waals surface area contributed by atoms with Crippen molar-refractivity contribution >= 4 is 22.7 Å². The molecule has 2 aromatic carbocycles. The van der Waals surface area contributed by atoms with Crippen molar-refractivity contribution in [3.8, 4) is 0 Å². The predicted octanol–water partition coefficient (Wildman–Crippen LogP) is 4.35. The highest BCUT2D eigenvalue weighted by Crippen LogP contribution is 2.31. The Hall–Kier alpha value is -2.32. The molecule has 142 valence electrons. The van der Waals surface area contributed by atoms with Gasteiger partial charge in [-0.1, -0.05) is 42.1 Å². The molecule has 1 aromatic heterocycles. The Morgan fingerprint density at radius 3 is 2.67 bits per heavy atom. The van der Waals surface area contributed by atoms with E-state index in [1.54, 1.807) is 30.3 Å². The molecule has 1 heterocycles. The van der Waals surface area contributed by atoms with Crippen LogP contribution in [-0.2, 0) is 23.2 Å². The topological polar surface area (TPSA) is 44.1 Å². The quantitative estimate of drug-likeness (QED) is 0.461. The molecule has 0 unspecified atom stereocenters. The van der Waals surface area contributed by atoms with Crippen LogP contribution >= 0.6 is 11.8 Å². The number of fused-ring (bicyclic) bond motifs is 1. The monoisotopic (exact) mass is 394 g/mol. The van der Waals surface area contributed by atoms with Crippen molar-refractivity contribution in [3.63, 3.8) is 0 Å². The van der Waals surface area contributed by atoms with E-state index in [4.69, 9.17) is 4.74 Å². The van der Waals surface area contributed by atoms with Gasteiger partial charge < -0.3 is 4.74 Å². The van der Waals surface area contributed by atoms with Gasteiger partial charge in [-0.3, -0.25) is 9.36 Å². The maximum atomic E-state index is 12.9. The fourth-order valence-electron chi connectivity index (χ4n) is 2.62. The van der Waals surface area contributed by atoms with Crippen LogP contribution in [0, 0.1) is 0 Å². The van der Waals surface area contributed by atoms with Gasteiger partial charge in [-0.25, -0.2) is 4.98 Å². The van der Waals surface area contributed by atoms with Crippen molar-refractivity contribution in [2.45, 2.75) is 23.6 Å². The number of hydrogen-bond acceptors (Lipinski definition) is 4. The third kappa shape index (κ3) is 4.51. The van der Waals surface area contributed by atoms with Gasteiger partial charge >= 0.3 is 6.18 Å². The zero-order chi connectivity index (χ0) is 19.4. The van der Waals surface area contributed by atoms with Crippen LogP contribution in [0.3, 0.4) is 0 Å². The maximum Gasteiger partial charge on any atom is 0.416 e. The lowest BCUT2D eigenvalue weighted by Gasteiger charge is -2.13. The molecule has 0 saturated heterocycles. The smallest absolute Gasteiger partial charge is 0.383 e. The lowest BCUT2D eigenvalue weighted by atomic mass is 10.1. The fraction of sp³-hybridized carbons (Fsp3) is 0.263. The average Bonchev–Trinajstić information content (AvgIpc) is 2.65. The van der Waals surface area contributed by atoms with Crippen molar-refractivity contribution < 1.29 is 17.9 Å². The zero-order valence-corrected chi connectivity index (χ0v) is 15.3. The molecule has 0 aliphatic rings. The Kier molecular flexibility index (Phi) is 5.86. The minimum Gasteiger partial charge on any atom is -0.383 e. The number of alkyl halides is 3. The number of nitrogens with zero attached hydrogens (tertiary/aromatic N) is 2. The second kappa shape index (κ2) is 8.14. The van der Waals surface area contributed by atoms with Crippen molar-refractivity contribution in [2.24, 2.45) is 0 Å². The van der Waals surface area contributed by atoms with Crippen LogP contribution in [-0.4, -0.2) is 23.3 Å². The van der Waals surface area contributed by atoms with Crippen LogP contribution in [0.15, 0.2) is 58.5 Å². The van der Waals surface area contributed by atoms with E-state index in [0.717, 1.165) is 12.1 Å². The molecule has 4 nitrogen and oxygen atoms in total. The summed E-state index contributed by atoms with van der Waals surface area (Å²) >= 11 is 1.23. The molecule has 3 rings (SSSR count). The summed E-state index contributed by atoms with van der Waals surface area (Å²) in [5, 5.41) is 0.949. The van der Waals surface area contributed by atoms with Gasteiger partial charge in [0.25, 0.3) is 5.56 Å². The van der Waals surface area contributed by atoms with Crippen LogP contribution in [0.25, 0.3) is 10.9 Å². The van der Waals surface area contributed by atoms with Crippen molar-refractivity contribution in [3.05, 3.63) is 70.0 Å². The summed E-state index contributed by atoms with van der Waals surface area (Å²) < 4.78 is 45.2. The Morgan fingerprint density at radius 2 is 1.93 bits per heavy atom. The van der Waals surface area contributed by atoms with Crippen LogP contribution < -0.4 is 5.56 Å². The van der Waals surface area contributed by atoms with E-state index in [-0.39, 0.29) is 11.3 Å². The number of halogens is 3. The van der Waals surface area contributed by atoms with Crippen LogP contribution in [0.5, 0.6) is 0 Å². The molecular weight excluding hydrogens is 377 g/mol. The zero-order valence-electron chi connectivity index (χ0n) is 14.5. The first-order chi connectivity index (χ1) is 12.9. The highest BCUT2D eigenvalue weighted by molar-refractivity contribution is 7.98. The summed E-state index contributed by atoms with van der Waals surface area (Å²) in [6, 6.07) is 12.2. The molecule has 0 amide bonds. The first-order valence-electron chi connectivity index (χ1n) is 8.17. The number of hydrogen-bond donors (Lipinski definition) is 0. The van der Waals surface area contributed by atoms with Crippen LogP contribution in [0.1, 0.15) is 11.1 Å². The third-order valence-corrected chi connectivity index (χ3v) is 5.02. The highest BCUT2D eigenvalue weighted by Gasteiger charge is 2.30. The Morgan fingerprint density at radius 1 is 1.15 bits per heavy atom. The third-order valence-electron chi connectivity index (χ3n) is 3.97. The molecule has 0 atom stereocenters. The van der Waals surface area contributed by atoms with Gasteiger partial charge in [0.2, 0.25) is 0 Å². The number of aromatic nitrogens is 2. The van der Waals surface area contributed by atoms with Gasteiger partial charge in [-0.15, -0.1) is 0 Å². The molecule has 0 aliphatic carbocycles. The summed E-state index contributed by atoms with van der Waals surface area (Å²) in [5.74, 6) is 0.266. The molecular formula is C19H17F3N2O2S. The Bertz CT molecular complexity index is 1000. The molecule has 0 aliphatic heterocycles. The van der Waals surface area contributed by atoms with E-state index in [2.05, 4.69) is 4.98 Å². The largest absolute Gasteiger partial charge is 0.416 e. The first-order valence-corrected chi connectivity index (χ1v) is 9.16. The standard InChI is InChI=1S/C19H17F3N2O2S/c1-26-10-9-24-17(25)15-7-2-3-8-16(15)23-18(24)27-12-13-5-4-6-14(11-13)19(20,21)22/h2-8,11H,9-10,12H2,1H3. The first kappa shape index (κ1) is 19.4. The molecule has 3 aromatic rings. The number of benzene rings is 2. The van der Waals surface area contributed by atoms with Gasteiger partial charge in [0.05, 0.1) is 29.6 Å². The van der Waals surface area contributed by atoms with E-state index < -0.39 is 11.7 Å². The molecule has 8 heteroatoms. The second-order valence-electron chi connectivity index (χ2n) is 5.85. The fourth-order valence-corrected chi connectivity index (χ4v) is 3.59. The molecule has 0 saturated carbocycles. The molecule has 27 heavy (non-hydrogen) atoms. The summed E-state index contributed by atoms with van der Waals surface area (Å²) in [7, 11) is 1.54. The number of rotatable bonds is 6. The van der Waals surface area contributed by atoms with Crippen LogP contribution in [0.4, 0.5) is 13.2 Å². The minimum absolute atomic E-state index is 0.191. The van der Waals surface area contributed by atoms with Crippen molar-refractivity contribution in [1.82, 2.24) is 9.55 Å². The lowest BCUT2D eigenvalue weighted by molar-refractivity contribution is -0.137. The van der Waals surface area contributed by atoms with Gasteiger partial charge in [-0.2, -0.15) is 13.2 Å². The Labute approximate surface area is 158 Å². The van der Waals surface area contributed by atoms with E-state index in [1.807, 2.05) is 0 Å². The highest BCUT2D eigenvalue weighted by atomic mass is 32.2. The van der Waals surface area contributed by atoms with Crippen molar-refractivity contribution in [1.29, 1.82) is 0 Å². The molecule has 0 bridgehead atoms. The van der Waals surface area contributed by atoms with E-state index in [9.17, 15) is 18.0 Å². The number of thioether (sulfide) groups is 1. The lowest BCUT2D eigenvalue weighted by Crippen LogP contribution is -2.25. The predicted molar refractivity (Wildman–Crippen MR) is 98.9 cm³/mol. The normalized spacial score (nSPS) is 11.9. The minimum atomic E-state index is -4.39. The average molecular weight is 394 g/mol. The number of para-hydroxylation sites is 1. The SMILES string of the molecule is COCCn1c(SCc2cccc(C(F)(F)F)c2)nc2ccccc2c1=O. The number of methoxy groups -OCH3 is 1. The molecule has 0 radical (unpaired) electrons. The summed E-state index contributed by atoms with van der Waals surface area (Å²) in [4.78, 5) is 17.3. The van der Waals surface area contributed by atoms with Gasteiger partial charge in [-0.05, 0) is 23.8 Å². The molecule has 0 N–H and O–H groups in total. The van der Waals surface area contributed by atoms with E-state index in [0.29, 0.717) is 34.8 Å². The summed E-state index contributed by atoms with van der Waals surface area (Å²) in [6.45, 7) is 0.648. The maximum absolute atomic E-state index is 12.9. The van der Waals surface area contributed by atoms with Gasteiger partial charge in [0, 0.05) is 12.9 Å².